The van der Waals surface area contributed by atoms with Crippen LogP contribution < -0.4 is 16.0 Å². The topological polar surface area (TPSA) is 87.3 Å². The Labute approximate surface area is 150 Å². The number of carbonyl (C=O) groups is 3. The molecule has 7 heteroatoms. The van der Waals surface area contributed by atoms with Crippen LogP contribution in [0.2, 0.25) is 0 Å². The number of anilines is 1. The van der Waals surface area contributed by atoms with Gasteiger partial charge in [0.15, 0.2) is 0 Å². The molecule has 1 aromatic heterocycles. The molecular weight excluding hydrogens is 338 g/mol. The molecule has 0 unspecified atom stereocenters. The number of amides is 3. The molecule has 3 N–H and O–H groups in total. The first-order valence-corrected chi connectivity index (χ1v) is 8.98. The van der Waals surface area contributed by atoms with Crippen LogP contribution in [0.4, 0.5) is 5.69 Å². The van der Waals surface area contributed by atoms with Gasteiger partial charge in [0.25, 0.3) is 11.8 Å². The summed E-state index contributed by atoms with van der Waals surface area (Å²) in [5, 5.41) is 10.1. The molecule has 0 saturated heterocycles. The summed E-state index contributed by atoms with van der Waals surface area (Å²) in [5.74, 6) is -0.408. The first-order valence-electron chi connectivity index (χ1n) is 8.10. The van der Waals surface area contributed by atoms with Gasteiger partial charge in [-0.1, -0.05) is 13.0 Å². The van der Waals surface area contributed by atoms with E-state index in [1.165, 1.54) is 11.3 Å². The van der Waals surface area contributed by atoms with Gasteiger partial charge in [-0.05, 0) is 42.1 Å². The van der Waals surface area contributed by atoms with Crippen molar-refractivity contribution in [3.63, 3.8) is 0 Å². The van der Waals surface area contributed by atoms with Crippen LogP contribution >= 0.6 is 11.3 Å². The highest BCUT2D eigenvalue weighted by molar-refractivity contribution is 7.12. The van der Waals surface area contributed by atoms with Crippen molar-refractivity contribution < 1.29 is 14.4 Å². The van der Waals surface area contributed by atoms with Crippen molar-refractivity contribution in [3.05, 3.63) is 52.2 Å². The molecule has 1 heterocycles. The third-order valence-electron chi connectivity index (χ3n) is 3.35. The van der Waals surface area contributed by atoms with Crippen LogP contribution in [0.5, 0.6) is 0 Å². The molecular formula is C18H21N3O3S. The maximum Gasteiger partial charge on any atom is 0.261 e. The fourth-order valence-electron chi connectivity index (χ4n) is 2.10. The third kappa shape index (κ3) is 6.04. The molecule has 0 aliphatic carbocycles. The van der Waals surface area contributed by atoms with Crippen LogP contribution in [0.25, 0.3) is 0 Å². The lowest BCUT2D eigenvalue weighted by Crippen LogP contribution is -2.34. The Morgan fingerprint density at radius 3 is 2.24 bits per heavy atom. The minimum absolute atomic E-state index is 0.0406. The Kier molecular flexibility index (Phi) is 7.16. The SMILES string of the molecule is CCCC(=O)Nc1ccc(C(=O)NCCNC(=O)c2cccs2)cc1. The second-order valence-electron chi connectivity index (χ2n) is 5.36. The molecule has 0 atom stereocenters. The first kappa shape index (κ1) is 18.7. The number of rotatable bonds is 8. The zero-order chi connectivity index (χ0) is 18.1. The normalized spacial score (nSPS) is 10.1. The van der Waals surface area contributed by atoms with Crippen LogP contribution in [0.1, 0.15) is 39.8 Å². The zero-order valence-electron chi connectivity index (χ0n) is 14.0. The largest absolute Gasteiger partial charge is 0.350 e. The summed E-state index contributed by atoms with van der Waals surface area (Å²) in [7, 11) is 0. The van der Waals surface area contributed by atoms with E-state index in [-0.39, 0.29) is 17.7 Å². The smallest absolute Gasteiger partial charge is 0.261 e. The number of thiophene rings is 1. The van der Waals surface area contributed by atoms with Gasteiger partial charge in [-0.2, -0.15) is 0 Å². The standard InChI is InChI=1S/C18H21N3O3S/c1-2-4-16(22)21-14-8-6-13(7-9-14)17(23)19-10-11-20-18(24)15-5-3-12-25-15/h3,5-9,12H,2,4,10-11H2,1H3,(H,19,23)(H,20,24)(H,21,22). The summed E-state index contributed by atoms with van der Waals surface area (Å²) in [6.07, 6.45) is 1.26. The molecule has 2 aromatic rings. The molecule has 1 aromatic carbocycles. The highest BCUT2D eigenvalue weighted by Gasteiger charge is 2.08. The summed E-state index contributed by atoms with van der Waals surface area (Å²) in [6.45, 7) is 2.63. The lowest BCUT2D eigenvalue weighted by Gasteiger charge is -2.08. The van der Waals surface area contributed by atoms with E-state index in [9.17, 15) is 14.4 Å². The summed E-state index contributed by atoms with van der Waals surface area (Å²) >= 11 is 1.37. The van der Waals surface area contributed by atoms with E-state index in [0.717, 1.165) is 6.42 Å². The second-order valence-corrected chi connectivity index (χ2v) is 6.31. The molecule has 25 heavy (non-hydrogen) atoms. The van der Waals surface area contributed by atoms with Gasteiger partial charge in [0, 0.05) is 30.8 Å². The van der Waals surface area contributed by atoms with Gasteiger partial charge in [0.05, 0.1) is 4.88 Å². The van der Waals surface area contributed by atoms with E-state index in [1.54, 1.807) is 30.3 Å². The van der Waals surface area contributed by atoms with E-state index in [2.05, 4.69) is 16.0 Å². The number of carbonyl (C=O) groups excluding carboxylic acids is 3. The average molecular weight is 359 g/mol. The monoisotopic (exact) mass is 359 g/mol. The van der Waals surface area contributed by atoms with Crippen LogP contribution in [-0.2, 0) is 4.79 Å². The number of hydrogen-bond donors (Lipinski definition) is 3. The predicted octanol–water partition coefficient (Wildman–Crippen LogP) is 2.65. The summed E-state index contributed by atoms with van der Waals surface area (Å²) in [5.41, 5.74) is 1.16. The van der Waals surface area contributed by atoms with Crippen molar-refractivity contribution in [2.75, 3.05) is 18.4 Å². The molecule has 0 bridgehead atoms. The van der Waals surface area contributed by atoms with Crippen molar-refractivity contribution in [3.8, 4) is 0 Å². The highest BCUT2D eigenvalue weighted by atomic mass is 32.1. The minimum Gasteiger partial charge on any atom is -0.350 e. The molecule has 0 fully saturated rings. The van der Waals surface area contributed by atoms with Crippen LogP contribution in [0.15, 0.2) is 41.8 Å². The van der Waals surface area contributed by atoms with Crippen LogP contribution in [0, 0.1) is 0 Å². The van der Waals surface area contributed by atoms with E-state index >= 15 is 0 Å². The van der Waals surface area contributed by atoms with E-state index in [4.69, 9.17) is 0 Å². The van der Waals surface area contributed by atoms with Gasteiger partial charge < -0.3 is 16.0 Å². The van der Waals surface area contributed by atoms with Gasteiger partial charge in [-0.3, -0.25) is 14.4 Å². The lowest BCUT2D eigenvalue weighted by molar-refractivity contribution is -0.116. The number of nitrogens with one attached hydrogen (secondary N) is 3. The second kappa shape index (κ2) is 9.58. The molecule has 0 saturated carbocycles. The van der Waals surface area contributed by atoms with Crippen molar-refractivity contribution in [2.45, 2.75) is 19.8 Å². The summed E-state index contributed by atoms with van der Waals surface area (Å²) in [4.78, 5) is 36.0. The summed E-state index contributed by atoms with van der Waals surface area (Å²) in [6, 6.07) is 10.3. The highest BCUT2D eigenvalue weighted by Crippen LogP contribution is 2.10. The average Bonchev–Trinajstić information content (AvgIpc) is 3.14. The number of benzene rings is 1. The number of hydrogen-bond acceptors (Lipinski definition) is 4. The first-order chi connectivity index (χ1) is 12.1. The Morgan fingerprint density at radius 1 is 0.960 bits per heavy atom. The molecule has 132 valence electrons. The van der Waals surface area contributed by atoms with Crippen molar-refractivity contribution >= 4 is 34.7 Å². The lowest BCUT2D eigenvalue weighted by atomic mass is 10.2. The molecule has 0 radical (unpaired) electrons. The molecule has 0 spiro atoms. The van der Waals surface area contributed by atoms with Gasteiger partial charge in [0.2, 0.25) is 5.91 Å². The minimum atomic E-state index is -0.225. The Morgan fingerprint density at radius 2 is 1.64 bits per heavy atom. The van der Waals surface area contributed by atoms with Crippen molar-refractivity contribution in [2.24, 2.45) is 0 Å². The predicted molar refractivity (Wildman–Crippen MR) is 99.0 cm³/mol. The third-order valence-corrected chi connectivity index (χ3v) is 4.22. The van der Waals surface area contributed by atoms with Crippen LogP contribution in [0.3, 0.4) is 0 Å². The van der Waals surface area contributed by atoms with Gasteiger partial charge >= 0.3 is 0 Å². The summed E-state index contributed by atoms with van der Waals surface area (Å²) < 4.78 is 0. The van der Waals surface area contributed by atoms with E-state index < -0.39 is 0 Å². The zero-order valence-corrected chi connectivity index (χ0v) is 14.8. The Bertz CT molecular complexity index is 712. The van der Waals surface area contributed by atoms with E-state index in [1.807, 2.05) is 18.4 Å². The van der Waals surface area contributed by atoms with Gasteiger partial charge in [-0.15, -0.1) is 11.3 Å². The van der Waals surface area contributed by atoms with Gasteiger partial charge in [0.1, 0.15) is 0 Å². The van der Waals surface area contributed by atoms with E-state index in [0.29, 0.717) is 35.6 Å². The fraction of sp³-hybridized carbons (Fsp3) is 0.278. The van der Waals surface area contributed by atoms with Gasteiger partial charge in [-0.25, -0.2) is 0 Å². The molecule has 2 rings (SSSR count). The fourth-order valence-corrected chi connectivity index (χ4v) is 2.74. The Balaban J connectivity index is 1.73. The molecule has 0 aliphatic rings. The molecule has 0 aliphatic heterocycles. The maximum absolute atomic E-state index is 12.0. The Hall–Kier alpha value is -2.67. The van der Waals surface area contributed by atoms with Crippen LogP contribution in [-0.4, -0.2) is 30.8 Å². The maximum atomic E-state index is 12.0. The van der Waals surface area contributed by atoms with Crippen molar-refractivity contribution in [1.82, 2.24) is 10.6 Å². The molecule has 6 nitrogen and oxygen atoms in total. The molecule has 3 amide bonds. The van der Waals surface area contributed by atoms with Crippen molar-refractivity contribution in [1.29, 1.82) is 0 Å². The quantitative estimate of drug-likeness (QED) is 0.633.